The summed E-state index contributed by atoms with van der Waals surface area (Å²) in [6, 6.07) is 14.0. The Labute approximate surface area is 129 Å². The smallest absolute Gasteiger partial charge is 0.358 e. The van der Waals surface area contributed by atoms with Gasteiger partial charge in [-0.2, -0.15) is 0 Å². The van der Waals surface area contributed by atoms with E-state index in [-0.39, 0.29) is 5.97 Å². The Balaban J connectivity index is 2.09. The van der Waals surface area contributed by atoms with Crippen LogP contribution in [-0.4, -0.2) is 22.0 Å². The van der Waals surface area contributed by atoms with Gasteiger partial charge in [0.1, 0.15) is 5.65 Å². The lowest BCUT2D eigenvalue weighted by atomic mass is 10.1. The lowest BCUT2D eigenvalue weighted by Crippen LogP contribution is -2.09. The van der Waals surface area contributed by atoms with Gasteiger partial charge in [0.25, 0.3) is 0 Å². The number of pyridine rings is 1. The third kappa shape index (κ3) is 2.72. The fourth-order valence-electron chi connectivity index (χ4n) is 2.59. The Kier molecular flexibility index (Phi) is 3.92. The van der Waals surface area contributed by atoms with Crippen molar-refractivity contribution in [2.75, 3.05) is 6.61 Å². The highest BCUT2D eigenvalue weighted by atomic mass is 16.5. The van der Waals surface area contributed by atoms with Crippen LogP contribution in [-0.2, 0) is 11.2 Å². The van der Waals surface area contributed by atoms with Crippen LogP contribution in [0.3, 0.4) is 0 Å². The van der Waals surface area contributed by atoms with Crippen LogP contribution in [0.1, 0.15) is 34.2 Å². The van der Waals surface area contributed by atoms with Crippen molar-refractivity contribution in [2.24, 2.45) is 0 Å². The van der Waals surface area contributed by atoms with E-state index in [9.17, 15) is 4.79 Å². The first kappa shape index (κ1) is 14.3. The second-order valence-corrected chi connectivity index (χ2v) is 5.22. The van der Waals surface area contributed by atoms with E-state index in [2.05, 4.69) is 30.1 Å². The standard InChI is InChI=1S/C18H18N2O2/c1-3-22-18(21)17-15(12-14-8-6-7-13(2)11-14)20-10-5-4-9-16(20)19-17/h4-11H,3,12H2,1-2H3. The highest BCUT2D eigenvalue weighted by Gasteiger charge is 2.19. The molecule has 0 aliphatic rings. The molecule has 1 aromatic carbocycles. The molecule has 4 heteroatoms. The molecule has 0 atom stereocenters. The van der Waals surface area contributed by atoms with Crippen molar-refractivity contribution in [1.29, 1.82) is 0 Å². The fourth-order valence-corrected chi connectivity index (χ4v) is 2.59. The number of benzene rings is 1. The number of nitrogens with zero attached hydrogens (tertiary/aromatic N) is 2. The number of carbonyl (C=O) groups is 1. The minimum atomic E-state index is -0.367. The van der Waals surface area contributed by atoms with Crippen molar-refractivity contribution in [3.63, 3.8) is 0 Å². The number of carbonyl (C=O) groups excluding carboxylic acids is 1. The van der Waals surface area contributed by atoms with Crippen LogP contribution in [0, 0.1) is 6.92 Å². The molecule has 0 fully saturated rings. The summed E-state index contributed by atoms with van der Waals surface area (Å²) in [5.41, 5.74) is 4.36. The van der Waals surface area contributed by atoms with Gasteiger partial charge in [-0.15, -0.1) is 0 Å². The van der Waals surface area contributed by atoms with Crippen LogP contribution in [0.15, 0.2) is 48.7 Å². The summed E-state index contributed by atoms with van der Waals surface area (Å²) in [5, 5.41) is 0. The number of rotatable bonds is 4. The van der Waals surface area contributed by atoms with Crippen molar-refractivity contribution in [1.82, 2.24) is 9.38 Å². The molecule has 4 nitrogen and oxygen atoms in total. The van der Waals surface area contributed by atoms with Crippen molar-refractivity contribution in [2.45, 2.75) is 20.3 Å². The summed E-state index contributed by atoms with van der Waals surface area (Å²) < 4.78 is 7.10. The summed E-state index contributed by atoms with van der Waals surface area (Å²) in [6.07, 6.45) is 2.57. The van der Waals surface area contributed by atoms with Crippen LogP contribution in [0.4, 0.5) is 0 Å². The molecule has 3 aromatic rings. The Morgan fingerprint density at radius 1 is 1.23 bits per heavy atom. The minimum Gasteiger partial charge on any atom is -0.461 e. The molecule has 0 saturated carbocycles. The Morgan fingerprint density at radius 2 is 2.09 bits per heavy atom. The molecule has 2 heterocycles. The number of hydrogen-bond acceptors (Lipinski definition) is 3. The fraction of sp³-hybridized carbons (Fsp3) is 0.222. The van der Waals surface area contributed by atoms with E-state index in [1.54, 1.807) is 6.92 Å². The van der Waals surface area contributed by atoms with Crippen LogP contribution in [0.25, 0.3) is 5.65 Å². The van der Waals surface area contributed by atoms with Crippen molar-refractivity contribution >= 4 is 11.6 Å². The molecule has 0 N–H and O–H groups in total. The second-order valence-electron chi connectivity index (χ2n) is 5.22. The van der Waals surface area contributed by atoms with E-state index in [0.29, 0.717) is 18.7 Å². The van der Waals surface area contributed by atoms with Gasteiger partial charge in [-0.05, 0) is 31.5 Å². The zero-order valence-corrected chi connectivity index (χ0v) is 12.7. The van der Waals surface area contributed by atoms with Gasteiger partial charge >= 0.3 is 5.97 Å². The number of aromatic nitrogens is 2. The number of fused-ring (bicyclic) bond motifs is 1. The third-order valence-electron chi connectivity index (χ3n) is 3.55. The van der Waals surface area contributed by atoms with Crippen LogP contribution in [0.5, 0.6) is 0 Å². The number of aryl methyl sites for hydroxylation is 1. The number of ether oxygens (including phenoxy) is 1. The van der Waals surface area contributed by atoms with E-state index in [1.165, 1.54) is 5.56 Å². The highest BCUT2D eigenvalue weighted by molar-refractivity contribution is 5.89. The maximum atomic E-state index is 12.2. The molecular formula is C18H18N2O2. The monoisotopic (exact) mass is 294 g/mol. The molecule has 22 heavy (non-hydrogen) atoms. The Bertz CT molecular complexity index is 821. The van der Waals surface area contributed by atoms with Gasteiger partial charge in [-0.3, -0.25) is 0 Å². The average Bonchev–Trinajstić information content (AvgIpc) is 2.87. The van der Waals surface area contributed by atoms with Gasteiger partial charge in [0.05, 0.1) is 12.3 Å². The molecule has 0 aliphatic carbocycles. The second kappa shape index (κ2) is 6.02. The quantitative estimate of drug-likeness (QED) is 0.693. The third-order valence-corrected chi connectivity index (χ3v) is 3.55. The maximum absolute atomic E-state index is 12.2. The number of hydrogen-bond donors (Lipinski definition) is 0. The topological polar surface area (TPSA) is 43.6 Å². The summed E-state index contributed by atoms with van der Waals surface area (Å²) >= 11 is 0. The molecular weight excluding hydrogens is 276 g/mol. The number of imidazole rings is 1. The first-order valence-corrected chi connectivity index (χ1v) is 7.37. The van der Waals surface area contributed by atoms with Crippen LogP contribution >= 0.6 is 0 Å². The molecule has 0 spiro atoms. The maximum Gasteiger partial charge on any atom is 0.358 e. The SMILES string of the molecule is CCOC(=O)c1nc2ccccn2c1Cc1cccc(C)c1. The first-order valence-electron chi connectivity index (χ1n) is 7.37. The predicted molar refractivity (Wildman–Crippen MR) is 85.1 cm³/mol. The Hall–Kier alpha value is -2.62. The van der Waals surface area contributed by atoms with E-state index in [4.69, 9.17) is 4.74 Å². The van der Waals surface area contributed by atoms with E-state index < -0.39 is 0 Å². The minimum absolute atomic E-state index is 0.344. The molecule has 0 aliphatic heterocycles. The van der Waals surface area contributed by atoms with Gasteiger partial charge in [0.15, 0.2) is 5.69 Å². The lowest BCUT2D eigenvalue weighted by molar-refractivity contribution is 0.0519. The average molecular weight is 294 g/mol. The van der Waals surface area contributed by atoms with Crippen molar-refractivity contribution in [3.8, 4) is 0 Å². The summed E-state index contributed by atoms with van der Waals surface area (Å²) in [4.78, 5) is 16.6. The normalized spacial score (nSPS) is 10.8. The molecule has 0 radical (unpaired) electrons. The summed E-state index contributed by atoms with van der Waals surface area (Å²) in [7, 11) is 0. The van der Waals surface area contributed by atoms with Crippen molar-refractivity contribution in [3.05, 3.63) is 71.2 Å². The summed E-state index contributed by atoms with van der Waals surface area (Å²) in [6.45, 7) is 4.20. The summed E-state index contributed by atoms with van der Waals surface area (Å²) in [5.74, 6) is -0.367. The van der Waals surface area contributed by atoms with Gasteiger partial charge < -0.3 is 9.14 Å². The van der Waals surface area contributed by atoms with Gasteiger partial charge in [-0.25, -0.2) is 9.78 Å². The van der Waals surface area contributed by atoms with Crippen molar-refractivity contribution < 1.29 is 9.53 Å². The first-order chi connectivity index (χ1) is 10.7. The highest BCUT2D eigenvalue weighted by Crippen LogP contribution is 2.18. The van der Waals surface area contributed by atoms with Gasteiger partial charge in [0, 0.05) is 12.6 Å². The van der Waals surface area contributed by atoms with E-state index >= 15 is 0 Å². The zero-order valence-electron chi connectivity index (χ0n) is 12.7. The number of esters is 1. The van der Waals surface area contributed by atoms with Crippen LogP contribution < -0.4 is 0 Å². The van der Waals surface area contributed by atoms with Gasteiger partial charge in [0.2, 0.25) is 0 Å². The molecule has 0 amide bonds. The largest absolute Gasteiger partial charge is 0.461 e. The molecule has 2 aromatic heterocycles. The van der Waals surface area contributed by atoms with E-state index in [1.807, 2.05) is 34.9 Å². The van der Waals surface area contributed by atoms with E-state index in [0.717, 1.165) is 16.9 Å². The zero-order chi connectivity index (χ0) is 15.5. The predicted octanol–water partition coefficient (Wildman–Crippen LogP) is 3.41. The Morgan fingerprint density at radius 3 is 2.86 bits per heavy atom. The molecule has 0 bridgehead atoms. The molecule has 112 valence electrons. The molecule has 3 rings (SSSR count). The molecule has 0 unspecified atom stereocenters. The lowest BCUT2D eigenvalue weighted by Gasteiger charge is -2.06. The van der Waals surface area contributed by atoms with Crippen LogP contribution in [0.2, 0.25) is 0 Å². The van der Waals surface area contributed by atoms with Gasteiger partial charge in [-0.1, -0.05) is 35.9 Å². The molecule has 0 saturated heterocycles.